The number of halogens is 1. The fraction of sp³-hybridized carbons (Fsp3) is 0.556. The Labute approximate surface area is 277 Å². The van der Waals surface area contributed by atoms with Gasteiger partial charge < -0.3 is 25.7 Å². The van der Waals surface area contributed by atoms with Crippen molar-refractivity contribution in [2.24, 2.45) is 17.8 Å². The van der Waals surface area contributed by atoms with Crippen molar-refractivity contribution >= 4 is 34.5 Å². The van der Waals surface area contributed by atoms with E-state index in [0.29, 0.717) is 47.4 Å². The lowest BCUT2D eigenvalue weighted by molar-refractivity contribution is -0.142. The molecule has 1 saturated carbocycles. The van der Waals surface area contributed by atoms with Crippen molar-refractivity contribution in [3.8, 4) is 11.4 Å². The van der Waals surface area contributed by atoms with Crippen LogP contribution in [-0.4, -0.2) is 70.3 Å². The lowest BCUT2D eigenvalue weighted by atomic mass is 9.72. The zero-order chi connectivity index (χ0) is 32.8. The first-order valence-electron chi connectivity index (χ1n) is 16.8. The monoisotopic (exact) mass is 649 g/mol. The van der Waals surface area contributed by atoms with Crippen molar-refractivity contribution in [3.05, 3.63) is 58.7 Å². The minimum Gasteiger partial charge on any atom is -0.465 e. The molecule has 0 radical (unpaired) electrons. The molecule has 4 N–H and O–H groups in total. The molecule has 46 heavy (non-hydrogen) atoms. The van der Waals surface area contributed by atoms with Crippen LogP contribution in [0.2, 0.25) is 5.02 Å². The molecule has 9 nitrogen and oxygen atoms in total. The maximum atomic E-state index is 13.8. The Bertz CT molecular complexity index is 1530. The van der Waals surface area contributed by atoms with Gasteiger partial charge in [-0.25, -0.2) is 14.8 Å². The number of amides is 2. The molecule has 2 unspecified atom stereocenters. The molecule has 1 aliphatic heterocycles. The summed E-state index contributed by atoms with van der Waals surface area (Å²) in [7, 11) is 1.98. The number of nitrogens with one attached hydrogen (secondary N) is 2. The summed E-state index contributed by atoms with van der Waals surface area (Å²) in [6, 6.07) is 13.4. The summed E-state index contributed by atoms with van der Waals surface area (Å²) in [5.74, 6) is 1.12. The lowest BCUT2D eigenvalue weighted by Gasteiger charge is -2.44. The summed E-state index contributed by atoms with van der Waals surface area (Å²) in [5, 5.41) is 29.2. The molecular formula is C36H48ClN5O4. The number of fused-ring (bicyclic) bond motifs is 1. The van der Waals surface area contributed by atoms with Gasteiger partial charge in [0.1, 0.15) is 0 Å². The summed E-state index contributed by atoms with van der Waals surface area (Å²) >= 11 is 6.96. The molecule has 2 heterocycles. The molecule has 5 rings (SSSR count). The van der Waals surface area contributed by atoms with Gasteiger partial charge in [0.05, 0.1) is 21.8 Å². The fourth-order valence-electron chi connectivity index (χ4n) is 7.60. The van der Waals surface area contributed by atoms with Crippen LogP contribution in [0.5, 0.6) is 0 Å². The van der Waals surface area contributed by atoms with Crippen molar-refractivity contribution < 1.29 is 19.8 Å². The molecule has 2 atom stereocenters. The number of aliphatic hydroxyl groups is 1. The molecular weight excluding hydrogens is 602 g/mol. The van der Waals surface area contributed by atoms with Crippen LogP contribution in [-0.2, 0) is 10.4 Å². The van der Waals surface area contributed by atoms with Crippen molar-refractivity contribution in [2.75, 3.05) is 33.2 Å². The van der Waals surface area contributed by atoms with E-state index in [2.05, 4.69) is 24.5 Å². The van der Waals surface area contributed by atoms with Gasteiger partial charge in [0, 0.05) is 42.4 Å². The number of hydrogen-bond donors (Lipinski definition) is 4. The number of likely N-dealkylation sites (tertiary alicyclic amines) is 1. The third-order valence-corrected chi connectivity index (χ3v) is 10.3. The predicted molar refractivity (Wildman–Crippen MR) is 182 cm³/mol. The number of carbonyl (C=O) groups excluding carboxylic acids is 1. The van der Waals surface area contributed by atoms with Crippen molar-refractivity contribution in [2.45, 2.75) is 76.7 Å². The van der Waals surface area contributed by atoms with Gasteiger partial charge in [-0.2, -0.15) is 0 Å². The molecule has 1 aliphatic carbocycles. The maximum Gasteiger partial charge on any atom is 0.404 e. The van der Waals surface area contributed by atoms with Crippen LogP contribution in [0.3, 0.4) is 0 Å². The van der Waals surface area contributed by atoms with Gasteiger partial charge in [-0.05, 0) is 94.5 Å². The second-order valence-electron chi connectivity index (χ2n) is 13.4. The average Bonchev–Trinajstić information content (AvgIpc) is 3.06. The molecule has 1 saturated heterocycles. The molecule has 2 aliphatic rings. The van der Waals surface area contributed by atoms with Crippen molar-refractivity contribution in [3.63, 3.8) is 0 Å². The van der Waals surface area contributed by atoms with E-state index >= 15 is 0 Å². The van der Waals surface area contributed by atoms with Crippen LogP contribution in [0.25, 0.3) is 22.3 Å². The first-order chi connectivity index (χ1) is 22.1. The van der Waals surface area contributed by atoms with Gasteiger partial charge >= 0.3 is 6.09 Å². The standard InChI is InChI=1S/C36H48ClN5O4/c1-23(2)32-27-10-4-5-13-30(27)40-33(41-32)31-28(11-6-12-29(31)37)36(46,18-8-19-39-35(44)45)26-9-7-20-42(22-26)34(43)25-16-14-24(15-17-25)21-38-3/h4-6,10-13,23-26,38-39,46H,7-9,14-22H2,1-3H3,(H,44,45). The average molecular weight is 650 g/mol. The Morgan fingerprint density at radius 3 is 2.54 bits per heavy atom. The zero-order valence-corrected chi connectivity index (χ0v) is 28.0. The summed E-state index contributed by atoms with van der Waals surface area (Å²) in [6.45, 7) is 6.48. The number of carbonyl (C=O) groups is 2. The van der Waals surface area contributed by atoms with Gasteiger partial charge in [-0.3, -0.25) is 4.79 Å². The third kappa shape index (κ3) is 7.48. The molecule has 0 bridgehead atoms. The van der Waals surface area contributed by atoms with Crippen molar-refractivity contribution in [1.82, 2.24) is 25.5 Å². The number of para-hydroxylation sites is 1. The number of hydrogen-bond acceptors (Lipinski definition) is 6. The number of nitrogens with zero attached hydrogens (tertiary/aromatic N) is 3. The fourth-order valence-corrected chi connectivity index (χ4v) is 7.86. The quantitative estimate of drug-likeness (QED) is 0.173. The van der Waals surface area contributed by atoms with E-state index in [1.165, 1.54) is 0 Å². The number of piperidine rings is 1. The molecule has 2 amide bonds. The maximum absolute atomic E-state index is 13.8. The highest BCUT2D eigenvalue weighted by Gasteiger charge is 2.44. The highest BCUT2D eigenvalue weighted by atomic mass is 35.5. The van der Waals surface area contributed by atoms with Crippen LogP contribution < -0.4 is 10.6 Å². The van der Waals surface area contributed by atoms with Crippen LogP contribution in [0.15, 0.2) is 42.5 Å². The molecule has 2 aromatic carbocycles. The summed E-state index contributed by atoms with van der Waals surface area (Å²) < 4.78 is 0. The minimum absolute atomic E-state index is 0.0156. The van der Waals surface area contributed by atoms with E-state index in [-0.39, 0.29) is 36.6 Å². The Hall–Kier alpha value is -3.27. The predicted octanol–water partition coefficient (Wildman–Crippen LogP) is 6.57. The Balaban J connectivity index is 1.51. The normalized spacial score (nSPS) is 21.7. The molecule has 0 spiro atoms. The zero-order valence-electron chi connectivity index (χ0n) is 27.3. The number of rotatable bonds is 11. The van der Waals surface area contributed by atoms with E-state index in [9.17, 15) is 19.8 Å². The first-order valence-corrected chi connectivity index (χ1v) is 17.2. The molecule has 248 valence electrons. The third-order valence-electron chi connectivity index (χ3n) is 9.99. The summed E-state index contributed by atoms with van der Waals surface area (Å²) in [4.78, 5) is 37.0. The molecule has 3 aromatic rings. The van der Waals surface area contributed by atoms with E-state index < -0.39 is 11.7 Å². The lowest BCUT2D eigenvalue weighted by Crippen LogP contribution is -2.50. The van der Waals surface area contributed by atoms with Gasteiger partial charge in [-0.1, -0.05) is 55.8 Å². The molecule has 2 fully saturated rings. The van der Waals surface area contributed by atoms with Crippen LogP contribution >= 0.6 is 11.6 Å². The van der Waals surface area contributed by atoms with Crippen LogP contribution in [0, 0.1) is 17.8 Å². The van der Waals surface area contributed by atoms with E-state index in [1.54, 1.807) is 6.07 Å². The van der Waals surface area contributed by atoms with Crippen LogP contribution in [0.4, 0.5) is 4.79 Å². The highest BCUT2D eigenvalue weighted by Crippen LogP contribution is 2.46. The summed E-state index contributed by atoms with van der Waals surface area (Å²) in [6.07, 6.45) is 4.98. The van der Waals surface area contributed by atoms with E-state index in [4.69, 9.17) is 21.6 Å². The Kier molecular flexibility index (Phi) is 11.2. The molecule has 1 aromatic heterocycles. The molecule has 10 heteroatoms. The Morgan fingerprint density at radius 2 is 1.83 bits per heavy atom. The Morgan fingerprint density at radius 1 is 1.07 bits per heavy atom. The van der Waals surface area contributed by atoms with Gasteiger partial charge in [0.25, 0.3) is 0 Å². The second kappa shape index (κ2) is 15.1. The minimum atomic E-state index is -1.41. The van der Waals surface area contributed by atoms with Crippen molar-refractivity contribution in [1.29, 1.82) is 0 Å². The van der Waals surface area contributed by atoms with Gasteiger partial charge in [0.15, 0.2) is 5.82 Å². The van der Waals surface area contributed by atoms with E-state index in [0.717, 1.165) is 61.7 Å². The topological polar surface area (TPSA) is 128 Å². The largest absolute Gasteiger partial charge is 0.465 e. The smallest absolute Gasteiger partial charge is 0.404 e. The SMILES string of the molecule is CNCC1CCC(C(=O)N2CCCC(C(O)(CCCNC(=O)O)c3cccc(Cl)c3-c3nc(C(C)C)c4ccccc4n3)C2)CC1. The number of aromatic nitrogens is 2. The number of carboxylic acid groups (broad SMARTS) is 1. The highest BCUT2D eigenvalue weighted by molar-refractivity contribution is 6.33. The van der Waals surface area contributed by atoms with E-state index in [1.807, 2.05) is 48.3 Å². The number of benzene rings is 2. The summed E-state index contributed by atoms with van der Waals surface area (Å²) in [5.41, 5.74) is 1.50. The van der Waals surface area contributed by atoms with Gasteiger partial charge in [0.2, 0.25) is 5.91 Å². The van der Waals surface area contributed by atoms with Crippen LogP contribution in [0.1, 0.15) is 82.4 Å². The second-order valence-corrected chi connectivity index (χ2v) is 13.8. The van der Waals surface area contributed by atoms with Gasteiger partial charge in [-0.15, -0.1) is 0 Å². The first kappa shape index (κ1) is 34.1.